The fourth-order valence-corrected chi connectivity index (χ4v) is 0.872. The normalized spacial score (nSPS) is 8.69. The maximum absolute atomic E-state index is 10.8. The number of aromatic nitrogens is 2. The molecule has 0 fully saturated rings. The van der Waals surface area contributed by atoms with Crippen LogP contribution in [0.15, 0.2) is 17.1 Å². The van der Waals surface area contributed by atoms with Crippen LogP contribution in [0.1, 0.15) is 13.8 Å². The first kappa shape index (κ1) is 11.7. The van der Waals surface area contributed by atoms with Crippen molar-refractivity contribution in [2.24, 2.45) is 7.05 Å². The van der Waals surface area contributed by atoms with Crippen molar-refractivity contribution in [3.63, 3.8) is 0 Å². The second-order valence-electron chi connectivity index (χ2n) is 2.57. The molecule has 1 aromatic heterocycles. The van der Waals surface area contributed by atoms with Gasteiger partial charge in [-0.25, -0.2) is 0 Å². The van der Waals surface area contributed by atoms with Crippen LogP contribution in [0.4, 0.5) is 5.95 Å². The minimum atomic E-state index is -0.202. The second-order valence-corrected chi connectivity index (χ2v) is 2.57. The molecule has 74 valence electrons. The van der Waals surface area contributed by atoms with Crippen LogP contribution < -0.4 is 10.5 Å². The average Bonchev–Trinajstić information content (AvgIpc) is 2.12. The summed E-state index contributed by atoms with van der Waals surface area (Å²) in [6, 6.07) is 1.44. The van der Waals surface area contributed by atoms with E-state index >= 15 is 0 Å². The van der Waals surface area contributed by atoms with E-state index in [9.17, 15) is 4.79 Å². The molecule has 0 radical (unpaired) electrons. The summed E-state index contributed by atoms with van der Waals surface area (Å²) in [6.45, 7) is 4.00. The minimum absolute atomic E-state index is 0.202. The Kier molecular flexibility index (Phi) is 4.80. The lowest BCUT2D eigenvalue weighted by atomic mass is 10.6. The van der Waals surface area contributed by atoms with Gasteiger partial charge in [-0.2, -0.15) is 4.98 Å². The van der Waals surface area contributed by atoms with Crippen molar-refractivity contribution >= 4 is 5.95 Å². The van der Waals surface area contributed by atoms with Crippen LogP contribution in [0.2, 0.25) is 0 Å². The van der Waals surface area contributed by atoms with Crippen LogP contribution >= 0.6 is 0 Å². The van der Waals surface area contributed by atoms with Crippen LogP contribution in [0.5, 0.6) is 0 Å². The van der Waals surface area contributed by atoms with Crippen LogP contribution in [0, 0.1) is 0 Å². The van der Waals surface area contributed by atoms with E-state index in [-0.39, 0.29) is 5.56 Å². The van der Waals surface area contributed by atoms with Gasteiger partial charge in [0.1, 0.15) is 0 Å². The van der Waals surface area contributed by atoms with Crippen LogP contribution in [-0.2, 0) is 7.05 Å². The zero-order valence-corrected chi connectivity index (χ0v) is 8.90. The number of hydrogen-bond donors (Lipinski definition) is 0. The van der Waals surface area contributed by atoms with Crippen molar-refractivity contribution in [1.29, 1.82) is 0 Å². The first-order chi connectivity index (χ1) is 6.11. The quantitative estimate of drug-likeness (QED) is 0.648. The Labute approximate surface area is 78.8 Å². The summed E-state index contributed by atoms with van der Waals surface area (Å²) in [7, 11) is 5.55. The molecule has 0 aliphatic heterocycles. The third-order valence-corrected chi connectivity index (χ3v) is 1.37. The topological polar surface area (TPSA) is 38.1 Å². The molecular weight excluding hydrogens is 166 g/mol. The molecule has 0 saturated heterocycles. The summed E-state index contributed by atoms with van der Waals surface area (Å²) < 4.78 is 1.79. The summed E-state index contributed by atoms with van der Waals surface area (Å²) in [6.07, 6.45) is 1.70. The van der Waals surface area contributed by atoms with Crippen LogP contribution in [0.3, 0.4) is 0 Å². The van der Waals surface area contributed by atoms with Gasteiger partial charge in [-0.1, -0.05) is 13.8 Å². The summed E-state index contributed by atoms with van der Waals surface area (Å²) in [5.41, 5.74) is -0.202. The molecule has 4 heteroatoms. The Morgan fingerprint density at radius 2 is 1.92 bits per heavy atom. The van der Waals surface area contributed by atoms with Gasteiger partial charge in [0.05, 0.1) is 0 Å². The van der Waals surface area contributed by atoms with Gasteiger partial charge in [0, 0.05) is 33.4 Å². The van der Waals surface area contributed by atoms with Gasteiger partial charge in [0.2, 0.25) is 5.95 Å². The van der Waals surface area contributed by atoms with Gasteiger partial charge in [0.15, 0.2) is 0 Å². The Bertz CT molecular complexity index is 304. The number of rotatable bonds is 1. The smallest absolute Gasteiger partial charge is 0.274 e. The second kappa shape index (κ2) is 5.35. The Balaban J connectivity index is 0.000000671. The van der Waals surface area contributed by atoms with E-state index in [1.807, 2.05) is 35.0 Å². The fraction of sp³-hybridized carbons (Fsp3) is 0.556. The van der Waals surface area contributed by atoms with Gasteiger partial charge in [-0.05, 0) is 0 Å². The Morgan fingerprint density at radius 3 is 2.31 bits per heavy atom. The lowest BCUT2D eigenvalue weighted by Gasteiger charge is -2.13. The third-order valence-electron chi connectivity index (χ3n) is 1.37. The SMILES string of the molecule is CC.CN(C)c1nc(=O)ccn1C. The zero-order chi connectivity index (χ0) is 10.4. The highest BCUT2D eigenvalue weighted by Crippen LogP contribution is 1.99. The standard InChI is InChI=1S/C7H11N3O.C2H6/c1-9(2)7-8-6(11)4-5-10(7)3;1-2/h4-5H,1-3H3;1-2H3. The van der Waals surface area contributed by atoms with E-state index in [0.29, 0.717) is 5.95 Å². The molecule has 1 heterocycles. The van der Waals surface area contributed by atoms with E-state index in [1.54, 1.807) is 15.7 Å². The summed E-state index contributed by atoms with van der Waals surface area (Å²) >= 11 is 0. The molecule has 0 aliphatic rings. The molecule has 0 aliphatic carbocycles. The molecule has 0 bridgehead atoms. The van der Waals surface area contributed by atoms with Crippen molar-refractivity contribution < 1.29 is 0 Å². The largest absolute Gasteiger partial charge is 0.348 e. The molecule has 0 atom stereocenters. The predicted octanol–water partition coefficient (Wildman–Crippen LogP) is 0.872. The Hall–Kier alpha value is -1.32. The maximum Gasteiger partial charge on any atom is 0.274 e. The highest BCUT2D eigenvalue weighted by atomic mass is 16.1. The van der Waals surface area contributed by atoms with Gasteiger partial charge in [-0.15, -0.1) is 0 Å². The van der Waals surface area contributed by atoms with Crippen molar-refractivity contribution in [2.75, 3.05) is 19.0 Å². The van der Waals surface area contributed by atoms with E-state index < -0.39 is 0 Å². The van der Waals surface area contributed by atoms with Crippen molar-refractivity contribution in [2.45, 2.75) is 13.8 Å². The summed E-state index contributed by atoms with van der Waals surface area (Å²) in [5, 5.41) is 0. The predicted molar refractivity (Wildman–Crippen MR) is 55.2 cm³/mol. The molecule has 13 heavy (non-hydrogen) atoms. The van der Waals surface area contributed by atoms with Crippen LogP contribution in [-0.4, -0.2) is 23.6 Å². The lowest BCUT2D eigenvalue weighted by molar-refractivity contribution is 0.816. The van der Waals surface area contributed by atoms with Gasteiger partial charge < -0.3 is 9.47 Å². The Morgan fingerprint density at radius 1 is 1.38 bits per heavy atom. The van der Waals surface area contributed by atoms with E-state index in [1.165, 1.54) is 6.07 Å². The molecular formula is C9H17N3O. The molecule has 4 nitrogen and oxygen atoms in total. The van der Waals surface area contributed by atoms with Crippen molar-refractivity contribution in [3.8, 4) is 0 Å². The van der Waals surface area contributed by atoms with Crippen molar-refractivity contribution in [1.82, 2.24) is 9.55 Å². The first-order valence-corrected chi connectivity index (χ1v) is 4.32. The van der Waals surface area contributed by atoms with Gasteiger partial charge >= 0.3 is 0 Å². The van der Waals surface area contributed by atoms with E-state index in [0.717, 1.165) is 0 Å². The van der Waals surface area contributed by atoms with Crippen molar-refractivity contribution in [3.05, 3.63) is 22.6 Å². The molecule has 0 N–H and O–H groups in total. The summed E-state index contributed by atoms with van der Waals surface area (Å²) in [5.74, 6) is 0.664. The van der Waals surface area contributed by atoms with E-state index in [4.69, 9.17) is 0 Å². The number of aryl methyl sites for hydroxylation is 1. The highest BCUT2D eigenvalue weighted by molar-refractivity contribution is 5.26. The first-order valence-electron chi connectivity index (χ1n) is 4.32. The van der Waals surface area contributed by atoms with Crippen LogP contribution in [0.25, 0.3) is 0 Å². The average molecular weight is 183 g/mol. The number of nitrogens with zero attached hydrogens (tertiary/aromatic N) is 3. The zero-order valence-electron chi connectivity index (χ0n) is 8.90. The highest BCUT2D eigenvalue weighted by Gasteiger charge is 1.99. The fourth-order valence-electron chi connectivity index (χ4n) is 0.872. The monoisotopic (exact) mass is 183 g/mol. The molecule has 0 spiro atoms. The van der Waals surface area contributed by atoms with Gasteiger partial charge in [-0.3, -0.25) is 4.79 Å². The minimum Gasteiger partial charge on any atom is -0.348 e. The molecule has 0 saturated carbocycles. The molecule has 0 amide bonds. The third kappa shape index (κ3) is 3.27. The van der Waals surface area contributed by atoms with E-state index in [2.05, 4.69) is 4.98 Å². The summed E-state index contributed by atoms with van der Waals surface area (Å²) in [4.78, 5) is 16.4. The molecule has 0 aromatic carbocycles. The van der Waals surface area contributed by atoms with Gasteiger partial charge in [0.25, 0.3) is 5.56 Å². The molecule has 0 unspecified atom stereocenters. The number of anilines is 1. The number of hydrogen-bond acceptors (Lipinski definition) is 3. The molecule has 1 aromatic rings. The maximum atomic E-state index is 10.8. The lowest BCUT2D eigenvalue weighted by Crippen LogP contribution is -2.21. The molecule has 1 rings (SSSR count).